The molecule has 1 aromatic carbocycles. The summed E-state index contributed by atoms with van der Waals surface area (Å²) in [6.07, 6.45) is 3.27. The van der Waals surface area contributed by atoms with Crippen molar-refractivity contribution >= 4 is 16.1 Å². The molecule has 1 aliphatic heterocycles. The third kappa shape index (κ3) is 4.73. The van der Waals surface area contributed by atoms with E-state index in [2.05, 4.69) is 12.2 Å². The standard InChI is InChI=1S/C18H29N3O3S/c1-4-20(5-2)25(23,24)17-11-9-16(10-12-17)14-19-18(22)21-13-7-6-8-15(21)3/h9-12,15H,4-8,13-14H2,1-3H3,(H,19,22). The number of nitrogens with zero attached hydrogens (tertiary/aromatic N) is 2. The molecule has 1 aliphatic rings. The fourth-order valence-corrected chi connectivity index (χ4v) is 4.63. The van der Waals surface area contributed by atoms with Gasteiger partial charge in [0.1, 0.15) is 0 Å². The van der Waals surface area contributed by atoms with E-state index >= 15 is 0 Å². The summed E-state index contributed by atoms with van der Waals surface area (Å²) in [5.74, 6) is 0. The number of hydrogen-bond donors (Lipinski definition) is 1. The Morgan fingerprint density at radius 1 is 1.20 bits per heavy atom. The Balaban J connectivity index is 1.97. The van der Waals surface area contributed by atoms with E-state index in [1.54, 1.807) is 24.3 Å². The van der Waals surface area contributed by atoms with Gasteiger partial charge in [0.25, 0.3) is 0 Å². The lowest BCUT2D eigenvalue weighted by Gasteiger charge is -2.33. The van der Waals surface area contributed by atoms with E-state index in [0.29, 0.717) is 19.6 Å². The molecule has 0 aliphatic carbocycles. The Kier molecular flexibility index (Phi) is 6.84. The predicted molar refractivity (Wildman–Crippen MR) is 98.8 cm³/mol. The highest BCUT2D eigenvalue weighted by atomic mass is 32.2. The van der Waals surface area contributed by atoms with E-state index < -0.39 is 10.0 Å². The summed E-state index contributed by atoms with van der Waals surface area (Å²) in [6.45, 7) is 7.82. The molecular weight excluding hydrogens is 338 g/mol. The molecule has 1 unspecified atom stereocenters. The van der Waals surface area contributed by atoms with Gasteiger partial charge in [0.2, 0.25) is 10.0 Å². The maximum Gasteiger partial charge on any atom is 0.317 e. The molecule has 0 saturated carbocycles. The monoisotopic (exact) mass is 367 g/mol. The number of piperidine rings is 1. The molecule has 1 heterocycles. The minimum Gasteiger partial charge on any atom is -0.334 e. The molecular formula is C18H29N3O3S. The lowest BCUT2D eigenvalue weighted by Crippen LogP contribution is -2.47. The summed E-state index contributed by atoms with van der Waals surface area (Å²) in [6, 6.07) is 6.96. The maximum absolute atomic E-state index is 12.5. The van der Waals surface area contributed by atoms with Gasteiger partial charge in [-0.15, -0.1) is 0 Å². The van der Waals surface area contributed by atoms with Gasteiger partial charge >= 0.3 is 6.03 Å². The highest BCUT2D eigenvalue weighted by molar-refractivity contribution is 7.89. The molecule has 1 N–H and O–H groups in total. The van der Waals surface area contributed by atoms with Gasteiger partial charge in [-0.1, -0.05) is 26.0 Å². The highest BCUT2D eigenvalue weighted by Gasteiger charge is 2.23. The summed E-state index contributed by atoms with van der Waals surface area (Å²) < 4.78 is 26.4. The Bertz CT molecular complexity index is 669. The average molecular weight is 368 g/mol. The van der Waals surface area contributed by atoms with Gasteiger partial charge in [-0.25, -0.2) is 13.2 Å². The second-order valence-electron chi connectivity index (χ2n) is 6.43. The van der Waals surface area contributed by atoms with Crippen molar-refractivity contribution in [3.05, 3.63) is 29.8 Å². The number of carbonyl (C=O) groups excluding carboxylic acids is 1. The zero-order chi connectivity index (χ0) is 18.4. The topological polar surface area (TPSA) is 69.7 Å². The summed E-state index contributed by atoms with van der Waals surface area (Å²) in [5.41, 5.74) is 0.886. The summed E-state index contributed by atoms with van der Waals surface area (Å²) >= 11 is 0. The van der Waals surface area contributed by atoms with Gasteiger partial charge in [0, 0.05) is 32.2 Å². The van der Waals surface area contributed by atoms with E-state index in [-0.39, 0.29) is 17.0 Å². The molecule has 0 radical (unpaired) electrons. The first-order valence-corrected chi connectivity index (χ1v) is 10.5. The Labute approximate surface area is 151 Å². The number of likely N-dealkylation sites (tertiary alicyclic amines) is 1. The predicted octanol–water partition coefficient (Wildman–Crippen LogP) is 2.80. The van der Waals surface area contributed by atoms with Crippen LogP contribution in [-0.4, -0.2) is 49.3 Å². The zero-order valence-corrected chi connectivity index (χ0v) is 16.2. The Morgan fingerprint density at radius 3 is 2.40 bits per heavy atom. The van der Waals surface area contributed by atoms with E-state index in [4.69, 9.17) is 0 Å². The van der Waals surface area contributed by atoms with Gasteiger partial charge in [-0.3, -0.25) is 0 Å². The number of nitrogens with one attached hydrogen (secondary N) is 1. The van der Waals surface area contributed by atoms with Crippen LogP contribution in [-0.2, 0) is 16.6 Å². The zero-order valence-electron chi connectivity index (χ0n) is 15.4. The molecule has 25 heavy (non-hydrogen) atoms. The SMILES string of the molecule is CCN(CC)S(=O)(=O)c1ccc(CNC(=O)N2CCCCC2C)cc1. The van der Waals surface area contributed by atoms with Crippen molar-refractivity contribution in [2.24, 2.45) is 0 Å². The number of rotatable bonds is 6. The van der Waals surface area contributed by atoms with Crippen molar-refractivity contribution in [3.63, 3.8) is 0 Å². The molecule has 7 heteroatoms. The van der Waals surface area contributed by atoms with Gasteiger partial charge in [-0.05, 0) is 43.9 Å². The van der Waals surface area contributed by atoms with Crippen molar-refractivity contribution in [1.29, 1.82) is 0 Å². The van der Waals surface area contributed by atoms with Crippen LogP contribution in [0.5, 0.6) is 0 Å². The number of carbonyl (C=O) groups is 1. The fraction of sp³-hybridized carbons (Fsp3) is 0.611. The van der Waals surface area contributed by atoms with Gasteiger partial charge < -0.3 is 10.2 Å². The molecule has 1 saturated heterocycles. The molecule has 0 bridgehead atoms. The smallest absolute Gasteiger partial charge is 0.317 e. The fourth-order valence-electron chi connectivity index (χ4n) is 3.17. The first kappa shape index (κ1) is 19.7. The lowest BCUT2D eigenvalue weighted by molar-refractivity contribution is 0.158. The number of benzene rings is 1. The van der Waals surface area contributed by atoms with E-state index in [1.165, 1.54) is 10.7 Å². The highest BCUT2D eigenvalue weighted by Crippen LogP contribution is 2.18. The molecule has 2 amide bonds. The second-order valence-corrected chi connectivity index (χ2v) is 8.37. The van der Waals surface area contributed by atoms with Crippen molar-refractivity contribution in [1.82, 2.24) is 14.5 Å². The minimum absolute atomic E-state index is 0.0490. The van der Waals surface area contributed by atoms with Crippen molar-refractivity contribution in [2.45, 2.75) is 57.5 Å². The molecule has 140 valence electrons. The van der Waals surface area contributed by atoms with Crippen molar-refractivity contribution < 1.29 is 13.2 Å². The molecule has 1 atom stereocenters. The maximum atomic E-state index is 12.5. The number of amides is 2. The summed E-state index contributed by atoms with van der Waals surface area (Å²) in [7, 11) is -3.44. The molecule has 0 spiro atoms. The molecule has 1 fully saturated rings. The molecule has 1 aromatic rings. The van der Waals surface area contributed by atoms with Crippen LogP contribution in [0.2, 0.25) is 0 Å². The van der Waals surface area contributed by atoms with E-state index in [0.717, 1.165) is 24.9 Å². The first-order valence-electron chi connectivity index (χ1n) is 9.03. The number of sulfonamides is 1. The Hall–Kier alpha value is -1.60. The summed E-state index contributed by atoms with van der Waals surface area (Å²) in [5, 5.41) is 2.93. The van der Waals surface area contributed by atoms with Crippen LogP contribution in [0.1, 0.15) is 45.6 Å². The van der Waals surface area contributed by atoms with Crippen LogP contribution in [0.15, 0.2) is 29.2 Å². The number of hydrogen-bond acceptors (Lipinski definition) is 3. The third-order valence-corrected chi connectivity index (χ3v) is 6.84. The Morgan fingerprint density at radius 2 is 1.84 bits per heavy atom. The van der Waals surface area contributed by atoms with Crippen LogP contribution in [0, 0.1) is 0 Å². The third-order valence-electron chi connectivity index (χ3n) is 4.77. The van der Waals surface area contributed by atoms with Crippen LogP contribution >= 0.6 is 0 Å². The minimum atomic E-state index is -3.44. The van der Waals surface area contributed by atoms with Gasteiger partial charge in [0.15, 0.2) is 0 Å². The van der Waals surface area contributed by atoms with Gasteiger partial charge in [-0.2, -0.15) is 4.31 Å². The van der Waals surface area contributed by atoms with Crippen molar-refractivity contribution in [3.8, 4) is 0 Å². The lowest BCUT2D eigenvalue weighted by atomic mass is 10.0. The largest absolute Gasteiger partial charge is 0.334 e. The van der Waals surface area contributed by atoms with Crippen LogP contribution in [0.25, 0.3) is 0 Å². The van der Waals surface area contributed by atoms with Crippen LogP contribution in [0.4, 0.5) is 4.79 Å². The second kappa shape index (κ2) is 8.67. The molecule has 2 rings (SSSR count). The first-order chi connectivity index (χ1) is 11.9. The number of urea groups is 1. The van der Waals surface area contributed by atoms with E-state index in [9.17, 15) is 13.2 Å². The molecule has 6 nitrogen and oxygen atoms in total. The average Bonchev–Trinajstić information content (AvgIpc) is 2.61. The quantitative estimate of drug-likeness (QED) is 0.840. The van der Waals surface area contributed by atoms with Gasteiger partial charge in [0.05, 0.1) is 4.90 Å². The summed E-state index contributed by atoms with van der Waals surface area (Å²) in [4.78, 5) is 14.5. The molecule has 0 aromatic heterocycles. The van der Waals surface area contributed by atoms with Crippen molar-refractivity contribution in [2.75, 3.05) is 19.6 Å². The van der Waals surface area contributed by atoms with E-state index in [1.807, 2.05) is 18.7 Å². The normalized spacial score (nSPS) is 18.4. The van der Waals surface area contributed by atoms with Crippen LogP contribution < -0.4 is 5.32 Å². The van der Waals surface area contributed by atoms with Crippen LogP contribution in [0.3, 0.4) is 0 Å².